The van der Waals surface area contributed by atoms with Gasteiger partial charge in [0.25, 0.3) is 5.91 Å². The maximum Gasteiger partial charge on any atom is 0.251 e. The average molecular weight is 235 g/mol. The van der Waals surface area contributed by atoms with Crippen LogP contribution in [-0.2, 0) is 4.74 Å². The zero-order valence-electron chi connectivity index (χ0n) is 10.1. The minimum Gasteiger partial charge on any atom is -0.378 e. The Bertz CT molecular complexity index is 408. The van der Waals surface area contributed by atoms with E-state index in [-0.39, 0.29) is 18.1 Å². The van der Waals surface area contributed by atoms with Crippen molar-refractivity contribution < 1.29 is 9.53 Å². The van der Waals surface area contributed by atoms with E-state index in [9.17, 15) is 4.79 Å². The second-order valence-corrected chi connectivity index (χ2v) is 4.20. The molecular formula is C12H17N3O2. The van der Waals surface area contributed by atoms with Crippen LogP contribution in [0.2, 0.25) is 0 Å². The fourth-order valence-corrected chi connectivity index (χ4v) is 1.98. The van der Waals surface area contributed by atoms with Gasteiger partial charge >= 0.3 is 0 Å². The van der Waals surface area contributed by atoms with E-state index in [1.54, 1.807) is 25.4 Å². The first-order valence-corrected chi connectivity index (χ1v) is 5.67. The van der Waals surface area contributed by atoms with Crippen molar-refractivity contribution in [3.05, 3.63) is 29.6 Å². The Morgan fingerprint density at radius 1 is 1.59 bits per heavy atom. The summed E-state index contributed by atoms with van der Waals surface area (Å²) < 4.78 is 5.29. The molecule has 1 amide bonds. The van der Waals surface area contributed by atoms with Crippen LogP contribution in [0.4, 0.5) is 0 Å². The summed E-state index contributed by atoms with van der Waals surface area (Å²) in [6.07, 6.45) is 1.69. The van der Waals surface area contributed by atoms with Gasteiger partial charge in [-0.2, -0.15) is 0 Å². The molecule has 1 fully saturated rings. The predicted octanol–water partition coefficient (Wildman–Crippen LogP) is 0.107. The molecule has 5 nitrogen and oxygen atoms in total. The summed E-state index contributed by atoms with van der Waals surface area (Å²) in [5.74, 6) is -0.0775. The zero-order valence-corrected chi connectivity index (χ0v) is 10.1. The van der Waals surface area contributed by atoms with Crippen molar-refractivity contribution in [3.63, 3.8) is 0 Å². The van der Waals surface area contributed by atoms with Crippen LogP contribution in [0, 0.1) is 6.92 Å². The van der Waals surface area contributed by atoms with Gasteiger partial charge in [0.1, 0.15) is 0 Å². The molecule has 92 valence electrons. The first-order valence-electron chi connectivity index (χ1n) is 5.67. The number of rotatable bonds is 3. The molecular weight excluding hydrogens is 218 g/mol. The third-order valence-corrected chi connectivity index (χ3v) is 2.94. The predicted molar refractivity (Wildman–Crippen MR) is 63.9 cm³/mol. The van der Waals surface area contributed by atoms with Gasteiger partial charge in [0.2, 0.25) is 0 Å². The summed E-state index contributed by atoms with van der Waals surface area (Å²) in [6.45, 7) is 3.39. The largest absolute Gasteiger partial charge is 0.378 e. The molecule has 1 saturated heterocycles. The van der Waals surface area contributed by atoms with Gasteiger partial charge in [0, 0.05) is 37.7 Å². The topological polar surface area (TPSA) is 63.2 Å². The molecule has 2 N–H and O–H groups in total. The number of aryl methyl sites for hydroxylation is 1. The minimum atomic E-state index is -0.0775. The third kappa shape index (κ3) is 2.81. The summed E-state index contributed by atoms with van der Waals surface area (Å²) >= 11 is 0. The van der Waals surface area contributed by atoms with Crippen LogP contribution >= 0.6 is 0 Å². The highest BCUT2D eigenvalue weighted by molar-refractivity contribution is 5.94. The van der Waals surface area contributed by atoms with Gasteiger partial charge in [0.05, 0.1) is 12.1 Å². The number of carbonyl (C=O) groups excluding carboxylic acids is 1. The first kappa shape index (κ1) is 12.0. The normalized spacial score (nSPS) is 23.6. The van der Waals surface area contributed by atoms with Gasteiger partial charge in [-0.1, -0.05) is 0 Å². The summed E-state index contributed by atoms with van der Waals surface area (Å²) in [6, 6.07) is 3.52. The molecule has 5 heteroatoms. The smallest absolute Gasteiger partial charge is 0.251 e. The Morgan fingerprint density at radius 2 is 2.41 bits per heavy atom. The third-order valence-electron chi connectivity index (χ3n) is 2.94. The lowest BCUT2D eigenvalue weighted by atomic mass is 10.1. The van der Waals surface area contributed by atoms with Gasteiger partial charge in [0.15, 0.2) is 0 Å². The Kier molecular flexibility index (Phi) is 3.71. The number of nitrogens with zero attached hydrogens (tertiary/aromatic N) is 1. The number of aromatic nitrogens is 1. The highest BCUT2D eigenvalue weighted by Crippen LogP contribution is 2.06. The lowest BCUT2D eigenvalue weighted by Crippen LogP contribution is -2.43. The van der Waals surface area contributed by atoms with Gasteiger partial charge in [-0.3, -0.25) is 9.78 Å². The maximum absolute atomic E-state index is 12.0. The quantitative estimate of drug-likeness (QED) is 0.780. The van der Waals surface area contributed by atoms with Crippen molar-refractivity contribution in [1.82, 2.24) is 15.6 Å². The molecule has 2 atom stereocenters. The van der Waals surface area contributed by atoms with E-state index in [0.717, 1.165) is 18.8 Å². The molecule has 0 bridgehead atoms. The van der Waals surface area contributed by atoms with Crippen LogP contribution in [0.5, 0.6) is 0 Å². The van der Waals surface area contributed by atoms with Crippen molar-refractivity contribution in [3.8, 4) is 0 Å². The highest BCUT2D eigenvalue weighted by atomic mass is 16.5. The number of amides is 1. The number of pyridine rings is 1. The molecule has 17 heavy (non-hydrogen) atoms. The molecule has 1 aliphatic heterocycles. The van der Waals surface area contributed by atoms with Gasteiger partial charge < -0.3 is 15.4 Å². The number of ether oxygens (including phenoxy) is 1. The number of hydrogen-bond donors (Lipinski definition) is 2. The summed E-state index contributed by atoms with van der Waals surface area (Å²) in [5.41, 5.74) is 1.48. The number of methoxy groups -OCH3 is 1. The molecule has 0 aromatic carbocycles. The van der Waals surface area contributed by atoms with Gasteiger partial charge in [-0.05, 0) is 19.1 Å². The van der Waals surface area contributed by atoms with Crippen molar-refractivity contribution >= 4 is 5.91 Å². The monoisotopic (exact) mass is 235 g/mol. The molecule has 1 aliphatic rings. The molecule has 0 aliphatic carbocycles. The van der Waals surface area contributed by atoms with Crippen molar-refractivity contribution in [1.29, 1.82) is 0 Å². The molecule has 1 aromatic rings. The second-order valence-electron chi connectivity index (χ2n) is 4.20. The molecule has 0 radical (unpaired) electrons. The average Bonchev–Trinajstić information content (AvgIpc) is 2.76. The SMILES string of the molecule is CO[C@H]1CNCC1NC(=O)c1ccnc(C)c1. The molecule has 0 spiro atoms. The van der Waals surface area contributed by atoms with E-state index in [1.807, 2.05) is 6.92 Å². The Labute approximate surface area is 101 Å². The minimum absolute atomic E-state index is 0.0287. The van der Waals surface area contributed by atoms with Gasteiger partial charge in [-0.25, -0.2) is 0 Å². The van der Waals surface area contributed by atoms with Crippen LogP contribution in [0.25, 0.3) is 0 Å². The van der Waals surface area contributed by atoms with E-state index in [2.05, 4.69) is 15.6 Å². The van der Waals surface area contributed by atoms with Crippen LogP contribution < -0.4 is 10.6 Å². The lowest BCUT2D eigenvalue weighted by molar-refractivity contribution is 0.0779. The van der Waals surface area contributed by atoms with Crippen LogP contribution in [0.1, 0.15) is 16.1 Å². The zero-order chi connectivity index (χ0) is 12.3. The van der Waals surface area contributed by atoms with Gasteiger partial charge in [-0.15, -0.1) is 0 Å². The van der Waals surface area contributed by atoms with Crippen molar-refractivity contribution in [2.24, 2.45) is 0 Å². The van der Waals surface area contributed by atoms with E-state index < -0.39 is 0 Å². The lowest BCUT2D eigenvalue weighted by Gasteiger charge is -2.18. The number of hydrogen-bond acceptors (Lipinski definition) is 4. The highest BCUT2D eigenvalue weighted by Gasteiger charge is 2.28. The van der Waals surface area contributed by atoms with Crippen LogP contribution in [-0.4, -0.2) is 43.2 Å². The molecule has 2 heterocycles. The fourth-order valence-electron chi connectivity index (χ4n) is 1.98. The Hall–Kier alpha value is -1.46. The standard InChI is InChI=1S/C12H17N3O2/c1-8-5-9(3-4-14-8)12(16)15-10-6-13-7-11(10)17-2/h3-5,10-11,13H,6-7H2,1-2H3,(H,15,16)/t10?,11-/m0/s1. The van der Waals surface area contributed by atoms with E-state index in [0.29, 0.717) is 5.56 Å². The molecule has 1 aromatic heterocycles. The summed E-state index contributed by atoms with van der Waals surface area (Å²) in [5, 5.41) is 6.16. The van der Waals surface area contributed by atoms with E-state index in [1.165, 1.54) is 0 Å². The maximum atomic E-state index is 12.0. The van der Waals surface area contributed by atoms with E-state index >= 15 is 0 Å². The Morgan fingerprint density at radius 3 is 3.12 bits per heavy atom. The Balaban J connectivity index is 2.01. The number of carbonyl (C=O) groups is 1. The van der Waals surface area contributed by atoms with Crippen LogP contribution in [0.3, 0.4) is 0 Å². The van der Waals surface area contributed by atoms with Crippen LogP contribution in [0.15, 0.2) is 18.3 Å². The summed E-state index contributed by atoms with van der Waals surface area (Å²) in [7, 11) is 1.66. The molecule has 0 saturated carbocycles. The second kappa shape index (κ2) is 5.25. The molecule has 1 unspecified atom stereocenters. The molecule has 2 rings (SSSR count). The number of nitrogens with one attached hydrogen (secondary N) is 2. The summed E-state index contributed by atoms with van der Waals surface area (Å²) in [4.78, 5) is 16.1. The van der Waals surface area contributed by atoms with Crippen molar-refractivity contribution in [2.75, 3.05) is 20.2 Å². The van der Waals surface area contributed by atoms with E-state index in [4.69, 9.17) is 4.74 Å². The fraction of sp³-hybridized carbons (Fsp3) is 0.500. The van der Waals surface area contributed by atoms with Crippen molar-refractivity contribution in [2.45, 2.75) is 19.1 Å². The first-order chi connectivity index (χ1) is 8.20.